The number of phenols is 1. The molecule has 0 aliphatic heterocycles. The molecule has 0 radical (unpaired) electrons. The molecule has 2 aliphatic rings. The zero-order valence-corrected chi connectivity index (χ0v) is 11.7. The molecule has 0 bridgehead atoms. The summed E-state index contributed by atoms with van der Waals surface area (Å²) in [5.41, 5.74) is 1.06. The van der Waals surface area contributed by atoms with Crippen LogP contribution in [0.2, 0.25) is 0 Å². The first-order valence-corrected chi connectivity index (χ1v) is 7.32. The van der Waals surface area contributed by atoms with Gasteiger partial charge in [-0.15, -0.1) is 0 Å². The van der Waals surface area contributed by atoms with Crippen LogP contribution in [0.4, 0.5) is 0 Å². The van der Waals surface area contributed by atoms with Crippen molar-refractivity contribution in [3.8, 4) is 5.75 Å². The molecular formula is C17H20O4. The molecule has 0 amide bonds. The lowest BCUT2D eigenvalue weighted by Crippen LogP contribution is -2.41. The van der Waals surface area contributed by atoms with E-state index in [4.69, 9.17) is 0 Å². The van der Waals surface area contributed by atoms with E-state index in [1.807, 2.05) is 12.1 Å². The van der Waals surface area contributed by atoms with E-state index in [0.717, 1.165) is 18.4 Å². The second-order valence-corrected chi connectivity index (χ2v) is 6.05. The minimum Gasteiger partial charge on any atom is -0.512 e. The van der Waals surface area contributed by atoms with Gasteiger partial charge in [-0.25, -0.2) is 0 Å². The summed E-state index contributed by atoms with van der Waals surface area (Å²) in [6.07, 6.45) is 4.83. The molecule has 1 aromatic carbocycles. The number of allylic oxidation sites excluding steroid dienone is 2. The Kier molecular flexibility index (Phi) is 3.64. The first kappa shape index (κ1) is 14.0. The molecule has 0 heterocycles. The molecule has 3 rings (SSSR count). The van der Waals surface area contributed by atoms with Crippen LogP contribution < -0.4 is 0 Å². The van der Waals surface area contributed by atoms with Gasteiger partial charge in [-0.3, -0.25) is 0 Å². The van der Waals surface area contributed by atoms with E-state index < -0.39 is 6.10 Å². The molecule has 4 N–H and O–H groups in total. The maximum Gasteiger partial charge on any atom is 0.115 e. The fourth-order valence-electron chi connectivity index (χ4n) is 3.56. The summed E-state index contributed by atoms with van der Waals surface area (Å²) in [7, 11) is 0. The molecule has 4 atom stereocenters. The monoisotopic (exact) mass is 288 g/mol. The van der Waals surface area contributed by atoms with Crippen LogP contribution >= 0.6 is 0 Å². The first-order valence-electron chi connectivity index (χ1n) is 7.32. The molecule has 1 saturated carbocycles. The summed E-state index contributed by atoms with van der Waals surface area (Å²) >= 11 is 0. The highest BCUT2D eigenvalue weighted by atomic mass is 16.3. The average Bonchev–Trinajstić information content (AvgIpc) is 2.43. The van der Waals surface area contributed by atoms with Gasteiger partial charge >= 0.3 is 0 Å². The van der Waals surface area contributed by atoms with E-state index in [1.165, 1.54) is 6.08 Å². The number of benzene rings is 1. The van der Waals surface area contributed by atoms with Crippen molar-refractivity contribution < 1.29 is 20.4 Å². The third-order valence-electron chi connectivity index (χ3n) is 4.64. The highest BCUT2D eigenvalue weighted by molar-refractivity contribution is 5.28. The van der Waals surface area contributed by atoms with Crippen molar-refractivity contribution in [2.75, 3.05) is 0 Å². The quantitative estimate of drug-likeness (QED) is 0.674. The van der Waals surface area contributed by atoms with Crippen LogP contribution in [0.5, 0.6) is 5.75 Å². The number of hydrogen-bond acceptors (Lipinski definition) is 4. The number of hydrogen-bond donors (Lipinski definition) is 4. The zero-order valence-electron chi connectivity index (χ0n) is 11.7. The molecule has 2 unspecified atom stereocenters. The van der Waals surface area contributed by atoms with Crippen molar-refractivity contribution in [3.63, 3.8) is 0 Å². The largest absolute Gasteiger partial charge is 0.512 e. The fourth-order valence-corrected chi connectivity index (χ4v) is 3.56. The molecule has 4 heteroatoms. The molecule has 112 valence electrons. The third-order valence-corrected chi connectivity index (χ3v) is 4.64. The summed E-state index contributed by atoms with van der Waals surface area (Å²) in [4.78, 5) is 0. The van der Waals surface area contributed by atoms with E-state index in [9.17, 15) is 20.4 Å². The topological polar surface area (TPSA) is 80.9 Å². The average molecular weight is 288 g/mol. The van der Waals surface area contributed by atoms with Gasteiger partial charge in [-0.1, -0.05) is 12.1 Å². The molecule has 1 fully saturated rings. The van der Waals surface area contributed by atoms with E-state index in [2.05, 4.69) is 0 Å². The van der Waals surface area contributed by atoms with E-state index in [0.29, 0.717) is 6.42 Å². The maximum absolute atomic E-state index is 10.6. The Balaban J connectivity index is 1.75. The molecular weight excluding hydrogens is 268 g/mol. The Morgan fingerprint density at radius 1 is 1.00 bits per heavy atom. The van der Waals surface area contributed by atoms with Gasteiger partial charge in [0, 0.05) is 12.0 Å². The molecule has 21 heavy (non-hydrogen) atoms. The smallest absolute Gasteiger partial charge is 0.115 e. The van der Waals surface area contributed by atoms with Crippen molar-refractivity contribution in [1.82, 2.24) is 0 Å². The van der Waals surface area contributed by atoms with Gasteiger partial charge in [0.15, 0.2) is 0 Å². The molecule has 4 nitrogen and oxygen atoms in total. The molecule has 0 aromatic heterocycles. The van der Waals surface area contributed by atoms with Crippen LogP contribution in [0.3, 0.4) is 0 Å². The van der Waals surface area contributed by atoms with Crippen LogP contribution in [-0.4, -0.2) is 26.5 Å². The van der Waals surface area contributed by atoms with Gasteiger partial charge in [0.2, 0.25) is 0 Å². The van der Waals surface area contributed by atoms with Crippen LogP contribution in [-0.2, 0) is 6.42 Å². The van der Waals surface area contributed by atoms with Crippen LogP contribution in [0.25, 0.3) is 0 Å². The van der Waals surface area contributed by atoms with E-state index in [-0.39, 0.29) is 35.0 Å². The standard InChI is InChI=1S/C17H20O4/c18-13-5-1-10(2-6-13)7-12-4-3-11-8-14(19)9-15(20)16(11)17(12)21/h1-2,5-6,8-9,11-12,16-21H,3-4,7H2/t11?,12-,16+,17?/m0/s1. The van der Waals surface area contributed by atoms with Crippen molar-refractivity contribution in [3.05, 3.63) is 53.5 Å². The van der Waals surface area contributed by atoms with Crippen molar-refractivity contribution >= 4 is 0 Å². The molecule has 2 aliphatic carbocycles. The lowest BCUT2D eigenvalue weighted by atomic mass is 9.68. The summed E-state index contributed by atoms with van der Waals surface area (Å²) < 4.78 is 0. The van der Waals surface area contributed by atoms with Gasteiger partial charge in [-0.2, -0.15) is 0 Å². The Morgan fingerprint density at radius 3 is 2.43 bits per heavy atom. The minimum atomic E-state index is -0.627. The normalized spacial score (nSPS) is 32.0. The lowest BCUT2D eigenvalue weighted by Gasteiger charge is -2.40. The predicted molar refractivity (Wildman–Crippen MR) is 78.9 cm³/mol. The number of phenolic OH excluding ortho intramolecular Hbond substituents is 1. The SMILES string of the molecule is OC1=CC2CC[C@@H](Cc3ccc(O)cc3)C(O)[C@H]2C(O)=C1. The van der Waals surface area contributed by atoms with Crippen LogP contribution in [0, 0.1) is 17.8 Å². The molecule has 0 spiro atoms. The summed E-state index contributed by atoms with van der Waals surface area (Å²) in [5.74, 6) is 0.134. The summed E-state index contributed by atoms with van der Waals surface area (Å²) in [6, 6.07) is 7.01. The maximum atomic E-state index is 10.6. The predicted octanol–water partition coefficient (Wildman–Crippen LogP) is 2.84. The highest BCUT2D eigenvalue weighted by Gasteiger charge is 2.41. The zero-order chi connectivity index (χ0) is 15.0. The minimum absolute atomic E-state index is 0.000989. The van der Waals surface area contributed by atoms with Crippen molar-refractivity contribution in [2.24, 2.45) is 17.8 Å². The number of aliphatic hydroxyl groups is 3. The van der Waals surface area contributed by atoms with Gasteiger partial charge in [0.1, 0.15) is 17.3 Å². The Labute approximate surface area is 123 Å². The Morgan fingerprint density at radius 2 is 1.71 bits per heavy atom. The first-order chi connectivity index (χ1) is 10.0. The Bertz CT molecular complexity index is 573. The number of aliphatic hydroxyl groups excluding tert-OH is 3. The van der Waals surface area contributed by atoms with Gasteiger partial charge in [-0.05, 0) is 54.9 Å². The third kappa shape index (κ3) is 2.76. The van der Waals surface area contributed by atoms with Crippen LogP contribution in [0.1, 0.15) is 18.4 Å². The van der Waals surface area contributed by atoms with Crippen LogP contribution in [0.15, 0.2) is 47.9 Å². The number of rotatable bonds is 2. The van der Waals surface area contributed by atoms with Gasteiger partial charge in [0.05, 0.1) is 6.10 Å². The van der Waals surface area contributed by atoms with E-state index >= 15 is 0 Å². The lowest BCUT2D eigenvalue weighted by molar-refractivity contribution is -0.00514. The van der Waals surface area contributed by atoms with Gasteiger partial charge in [0.25, 0.3) is 0 Å². The Hall–Kier alpha value is -1.94. The molecule has 0 saturated heterocycles. The highest BCUT2D eigenvalue weighted by Crippen LogP contribution is 2.42. The fraction of sp³-hybridized carbons (Fsp3) is 0.412. The van der Waals surface area contributed by atoms with E-state index in [1.54, 1.807) is 18.2 Å². The van der Waals surface area contributed by atoms with Crippen molar-refractivity contribution in [2.45, 2.75) is 25.4 Å². The molecule has 1 aromatic rings. The number of aromatic hydroxyl groups is 1. The second kappa shape index (κ2) is 5.45. The van der Waals surface area contributed by atoms with Gasteiger partial charge < -0.3 is 20.4 Å². The summed E-state index contributed by atoms with van der Waals surface area (Å²) in [5, 5.41) is 39.5. The number of fused-ring (bicyclic) bond motifs is 1. The summed E-state index contributed by atoms with van der Waals surface area (Å²) in [6.45, 7) is 0. The second-order valence-electron chi connectivity index (χ2n) is 6.05. The van der Waals surface area contributed by atoms with Crippen molar-refractivity contribution in [1.29, 1.82) is 0 Å².